The van der Waals surface area contributed by atoms with Crippen molar-refractivity contribution in [3.8, 4) is 11.1 Å². The van der Waals surface area contributed by atoms with Crippen LogP contribution in [0, 0.1) is 0 Å². The lowest BCUT2D eigenvalue weighted by Gasteiger charge is -2.38. The summed E-state index contributed by atoms with van der Waals surface area (Å²) < 4.78 is 5.59. The second-order valence-corrected chi connectivity index (χ2v) is 6.55. The molecule has 4 rings (SSSR count). The number of carboxylic acids is 1. The summed E-state index contributed by atoms with van der Waals surface area (Å²) in [6.45, 7) is 0.865. The first-order valence-corrected chi connectivity index (χ1v) is 8.68. The molecule has 1 saturated heterocycles. The number of benzene rings is 2. The Morgan fingerprint density at radius 3 is 2.23 bits per heavy atom. The van der Waals surface area contributed by atoms with E-state index in [1.54, 1.807) is 4.90 Å². The van der Waals surface area contributed by atoms with Crippen LogP contribution in [0.5, 0.6) is 0 Å². The highest BCUT2D eigenvalue weighted by atomic mass is 16.6. The number of carboxylic acid groups (broad SMARTS) is 1. The van der Waals surface area contributed by atoms with Crippen molar-refractivity contribution in [3.63, 3.8) is 0 Å². The summed E-state index contributed by atoms with van der Waals surface area (Å²) in [6.07, 6.45) is 2.98. The number of hydrogen-bond acceptors (Lipinski definition) is 3. The zero-order valence-corrected chi connectivity index (χ0v) is 14.2. The highest BCUT2D eigenvalue weighted by Crippen LogP contribution is 2.44. The van der Waals surface area contributed by atoms with Gasteiger partial charge in [0.2, 0.25) is 0 Å². The Hall–Kier alpha value is -3.08. The van der Waals surface area contributed by atoms with Gasteiger partial charge in [-0.05, 0) is 28.7 Å². The van der Waals surface area contributed by atoms with E-state index in [0.29, 0.717) is 6.54 Å². The fourth-order valence-electron chi connectivity index (χ4n) is 3.70. The maximum absolute atomic E-state index is 12.4. The van der Waals surface area contributed by atoms with Crippen molar-refractivity contribution in [1.29, 1.82) is 0 Å². The monoisotopic (exact) mass is 349 g/mol. The third-order valence-electron chi connectivity index (χ3n) is 5.10. The van der Waals surface area contributed by atoms with E-state index in [4.69, 9.17) is 9.84 Å². The summed E-state index contributed by atoms with van der Waals surface area (Å²) in [5.41, 5.74) is 4.73. The lowest BCUT2D eigenvalue weighted by molar-refractivity contribution is -0.131. The van der Waals surface area contributed by atoms with E-state index < -0.39 is 12.1 Å². The van der Waals surface area contributed by atoms with Crippen LogP contribution in [-0.2, 0) is 9.53 Å². The molecule has 0 spiro atoms. The molecule has 0 saturated carbocycles. The van der Waals surface area contributed by atoms with Crippen molar-refractivity contribution < 1.29 is 19.4 Å². The fourth-order valence-corrected chi connectivity index (χ4v) is 3.70. The number of hydrogen-bond donors (Lipinski definition) is 1. The number of nitrogens with zero attached hydrogens (tertiary/aromatic N) is 1. The van der Waals surface area contributed by atoms with Crippen LogP contribution in [0.15, 0.2) is 60.7 Å². The summed E-state index contributed by atoms with van der Waals surface area (Å²) in [7, 11) is 0. The van der Waals surface area contributed by atoms with Crippen molar-refractivity contribution >= 4 is 12.1 Å². The lowest BCUT2D eigenvalue weighted by atomic mass is 9.98. The second-order valence-electron chi connectivity index (χ2n) is 6.55. The predicted molar refractivity (Wildman–Crippen MR) is 97.0 cm³/mol. The van der Waals surface area contributed by atoms with Gasteiger partial charge in [-0.3, -0.25) is 0 Å². The molecule has 132 valence electrons. The number of carbonyl (C=O) groups is 2. The highest BCUT2D eigenvalue weighted by molar-refractivity contribution is 5.80. The molecule has 2 aliphatic rings. The summed E-state index contributed by atoms with van der Waals surface area (Å²) in [5, 5.41) is 8.72. The highest BCUT2D eigenvalue weighted by Gasteiger charge is 2.34. The van der Waals surface area contributed by atoms with Gasteiger partial charge in [-0.15, -0.1) is 0 Å². The number of likely N-dealkylation sites (tertiary alicyclic amines) is 1. The minimum absolute atomic E-state index is 0.0284. The van der Waals surface area contributed by atoms with Gasteiger partial charge >= 0.3 is 12.1 Å². The van der Waals surface area contributed by atoms with E-state index >= 15 is 0 Å². The van der Waals surface area contributed by atoms with Crippen molar-refractivity contribution in [2.75, 3.05) is 13.2 Å². The van der Waals surface area contributed by atoms with E-state index in [9.17, 15) is 9.59 Å². The molecule has 5 heteroatoms. The number of amides is 1. The molecule has 1 aliphatic heterocycles. The van der Waals surface area contributed by atoms with Crippen LogP contribution < -0.4 is 0 Å². The molecule has 0 aromatic heterocycles. The molecule has 1 N–H and O–H groups in total. The van der Waals surface area contributed by atoms with Gasteiger partial charge in [0.25, 0.3) is 0 Å². The van der Waals surface area contributed by atoms with Gasteiger partial charge in [0, 0.05) is 18.5 Å². The molecule has 2 aromatic rings. The zero-order chi connectivity index (χ0) is 18.1. The minimum atomic E-state index is -1.01. The van der Waals surface area contributed by atoms with Crippen molar-refractivity contribution in [3.05, 3.63) is 71.8 Å². The first-order valence-electron chi connectivity index (χ1n) is 8.68. The second kappa shape index (κ2) is 6.67. The first-order chi connectivity index (χ1) is 12.6. The summed E-state index contributed by atoms with van der Waals surface area (Å²) >= 11 is 0. The molecule has 1 amide bonds. The van der Waals surface area contributed by atoms with E-state index in [1.165, 1.54) is 28.3 Å². The Morgan fingerprint density at radius 1 is 1.08 bits per heavy atom. The molecule has 1 fully saturated rings. The average molecular weight is 349 g/mol. The maximum Gasteiger partial charge on any atom is 0.410 e. The molecule has 0 bridgehead atoms. The van der Waals surface area contributed by atoms with Crippen molar-refractivity contribution in [2.45, 2.75) is 18.4 Å². The summed E-state index contributed by atoms with van der Waals surface area (Å²) in [6, 6.07) is 16.2. The molecule has 5 nitrogen and oxygen atoms in total. The largest absolute Gasteiger partial charge is 0.478 e. The van der Waals surface area contributed by atoms with E-state index in [1.807, 2.05) is 24.3 Å². The SMILES string of the molecule is O=C(O)/C=C/[C@H]1CCN1C(=O)OCC1c2ccccc2-c2ccccc21. The molecule has 1 heterocycles. The van der Waals surface area contributed by atoms with Crippen molar-refractivity contribution in [2.24, 2.45) is 0 Å². The van der Waals surface area contributed by atoms with Gasteiger partial charge in [0.15, 0.2) is 0 Å². The molecule has 1 aliphatic carbocycles. The Bertz CT molecular complexity index is 844. The topological polar surface area (TPSA) is 66.8 Å². The van der Waals surface area contributed by atoms with Crippen molar-refractivity contribution in [1.82, 2.24) is 4.90 Å². The maximum atomic E-state index is 12.4. The van der Waals surface area contributed by atoms with Crippen LogP contribution >= 0.6 is 0 Å². The van der Waals surface area contributed by atoms with Crippen LogP contribution in [0.3, 0.4) is 0 Å². The van der Waals surface area contributed by atoms with Gasteiger partial charge in [0.1, 0.15) is 6.61 Å². The number of aliphatic carboxylic acids is 1. The molecule has 0 unspecified atom stereocenters. The van der Waals surface area contributed by atoms with Gasteiger partial charge in [-0.1, -0.05) is 54.6 Å². The molecular formula is C21H19NO4. The van der Waals surface area contributed by atoms with Gasteiger partial charge < -0.3 is 14.7 Å². The van der Waals surface area contributed by atoms with Gasteiger partial charge in [-0.25, -0.2) is 9.59 Å². The molecular weight excluding hydrogens is 330 g/mol. The number of fused-ring (bicyclic) bond motifs is 3. The summed E-state index contributed by atoms with van der Waals surface area (Å²) in [4.78, 5) is 24.6. The van der Waals surface area contributed by atoms with E-state index in [0.717, 1.165) is 12.5 Å². The third kappa shape index (κ3) is 2.86. The number of carbonyl (C=O) groups excluding carboxylic acids is 1. The number of ether oxygens (including phenoxy) is 1. The van der Waals surface area contributed by atoms with E-state index in [-0.39, 0.29) is 18.6 Å². The van der Waals surface area contributed by atoms with Crippen LogP contribution in [0.1, 0.15) is 23.5 Å². The minimum Gasteiger partial charge on any atom is -0.478 e. The lowest BCUT2D eigenvalue weighted by Crippen LogP contribution is -2.50. The molecule has 2 aromatic carbocycles. The average Bonchev–Trinajstić information content (AvgIpc) is 2.93. The third-order valence-corrected chi connectivity index (χ3v) is 5.10. The van der Waals surface area contributed by atoms with Crippen LogP contribution in [0.2, 0.25) is 0 Å². The molecule has 0 radical (unpaired) electrons. The smallest absolute Gasteiger partial charge is 0.410 e. The fraction of sp³-hybridized carbons (Fsp3) is 0.238. The number of rotatable bonds is 4. The van der Waals surface area contributed by atoms with Crippen LogP contribution in [0.4, 0.5) is 4.79 Å². The van der Waals surface area contributed by atoms with Crippen LogP contribution in [0.25, 0.3) is 11.1 Å². The standard InChI is InChI=1S/C21H19NO4/c23-20(24)10-9-14-11-12-22(14)21(25)26-13-19-17-7-3-1-5-15(17)16-6-2-4-8-18(16)19/h1-10,14,19H,11-13H2,(H,23,24)/b10-9+/t14-/m0/s1. The van der Waals surface area contributed by atoms with Gasteiger partial charge in [-0.2, -0.15) is 0 Å². The molecule has 1 atom stereocenters. The normalized spacial score (nSPS) is 18.3. The van der Waals surface area contributed by atoms with Crippen LogP contribution in [-0.4, -0.2) is 41.3 Å². The quantitative estimate of drug-likeness (QED) is 0.856. The summed E-state index contributed by atoms with van der Waals surface area (Å²) in [5.74, 6) is -0.981. The zero-order valence-electron chi connectivity index (χ0n) is 14.2. The van der Waals surface area contributed by atoms with Gasteiger partial charge in [0.05, 0.1) is 6.04 Å². The molecule has 26 heavy (non-hydrogen) atoms. The first kappa shape index (κ1) is 16.4. The predicted octanol–water partition coefficient (Wildman–Crippen LogP) is 3.65. The Balaban J connectivity index is 1.47. The van der Waals surface area contributed by atoms with E-state index in [2.05, 4.69) is 24.3 Å². The Kier molecular flexibility index (Phi) is 4.21. The Labute approximate surface area is 151 Å². The Morgan fingerprint density at radius 2 is 1.69 bits per heavy atom.